The number of phenolic OH excluding ortho intramolecular Hbond substituents is 1. The van der Waals surface area contributed by atoms with Crippen molar-refractivity contribution in [2.75, 3.05) is 14.2 Å². The number of rotatable bonds is 2. The van der Waals surface area contributed by atoms with Crippen molar-refractivity contribution in [3.63, 3.8) is 0 Å². The number of hydrogen-bond acceptors (Lipinski definition) is 4. The molecule has 0 aromatic heterocycles. The number of aliphatic hydroxyl groups is 1. The summed E-state index contributed by atoms with van der Waals surface area (Å²) < 4.78 is 8.47. The van der Waals surface area contributed by atoms with E-state index >= 15 is 0 Å². The minimum Gasteiger partial charge on any atom is -0.508 e. The second-order valence-electron chi connectivity index (χ2n) is 2.11. The molecule has 0 fully saturated rings. The zero-order valence-corrected chi connectivity index (χ0v) is 10.7. The molecule has 6 nitrogen and oxygen atoms in total. The monoisotopic (exact) mass is 270 g/mol. The van der Waals surface area contributed by atoms with Crippen LogP contribution in [0, 0.1) is 0 Å². The van der Waals surface area contributed by atoms with Gasteiger partial charge in [-0.25, -0.2) is 0 Å². The second-order valence-corrected chi connectivity index (χ2v) is 2.11. The third-order valence-electron chi connectivity index (χ3n) is 1.16. The largest absolute Gasteiger partial charge is 0.508 e. The van der Waals surface area contributed by atoms with Crippen LogP contribution in [0.3, 0.4) is 0 Å². The number of aromatic hydroxyl groups is 1. The van der Waals surface area contributed by atoms with Crippen molar-refractivity contribution in [3.8, 4) is 5.75 Å². The van der Waals surface area contributed by atoms with Crippen LogP contribution in [-0.2, 0) is 31.2 Å². The Kier molecular flexibility index (Phi) is 26.1. The van der Waals surface area contributed by atoms with E-state index in [0.717, 1.165) is 0 Å². The third-order valence-corrected chi connectivity index (χ3v) is 1.16. The van der Waals surface area contributed by atoms with Crippen molar-refractivity contribution in [3.05, 3.63) is 30.3 Å². The molecule has 0 radical (unpaired) electrons. The van der Waals surface area contributed by atoms with Gasteiger partial charge < -0.3 is 30.6 Å². The van der Waals surface area contributed by atoms with Gasteiger partial charge in [0.05, 0.1) is 0 Å². The van der Waals surface area contributed by atoms with E-state index in [9.17, 15) is 0 Å². The predicted molar refractivity (Wildman–Crippen MR) is 55.4 cm³/mol. The molecule has 0 aliphatic rings. The summed E-state index contributed by atoms with van der Waals surface area (Å²) in [6.07, 6.45) is 0. The van der Waals surface area contributed by atoms with Gasteiger partial charge in [0.25, 0.3) is 6.48 Å². The summed E-state index contributed by atoms with van der Waals surface area (Å²) in [6, 6.07) is 8.71. The molecule has 6 N–H and O–H groups in total. The van der Waals surface area contributed by atoms with Crippen LogP contribution in [0.5, 0.6) is 5.75 Å². The fraction of sp³-hybridized carbons (Fsp3) is 0.333. The maximum Gasteiger partial charge on any atom is 0.268 e. The Morgan fingerprint density at radius 1 is 1.00 bits per heavy atom. The molecule has 0 bridgehead atoms. The van der Waals surface area contributed by atoms with Crippen molar-refractivity contribution in [2.45, 2.75) is 6.48 Å². The average Bonchev–Trinajstić information content (AvgIpc) is 2.19. The Balaban J connectivity index is -0.0000000767. The van der Waals surface area contributed by atoms with Gasteiger partial charge in [-0.05, 0) is 12.1 Å². The quantitative estimate of drug-likeness (QED) is 0.544. The van der Waals surface area contributed by atoms with Gasteiger partial charge >= 0.3 is 0 Å². The van der Waals surface area contributed by atoms with E-state index in [1.807, 2.05) is 6.07 Å². The van der Waals surface area contributed by atoms with Crippen molar-refractivity contribution in [2.24, 2.45) is 0 Å². The van der Waals surface area contributed by atoms with E-state index in [-0.39, 0.29) is 32.7 Å². The van der Waals surface area contributed by atoms with Gasteiger partial charge in [-0.15, -0.1) is 0 Å². The Morgan fingerprint density at radius 3 is 1.50 bits per heavy atom. The second kappa shape index (κ2) is 16.9. The van der Waals surface area contributed by atoms with Crippen molar-refractivity contribution < 1.29 is 52.4 Å². The molecule has 1 aromatic carbocycles. The summed E-state index contributed by atoms with van der Waals surface area (Å²) in [7, 11) is 2.71. The van der Waals surface area contributed by atoms with Gasteiger partial charge in [-0.3, -0.25) is 0 Å². The van der Waals surface area contributed by atoms with Crippen LogP contribution in [0.25, 0.3) is 0 Å². The van der Waals surface area contributed by atoms with Crippen LogP contribution < -0.4 is 0 Å². The van der Waals surface area contributed by atoms with E-state index in [2.05, 4.69) is 9.47 Å². The Labute approximate surface area is 109 Å². The Morgan fingerprint density at radius 2 is 1.38 bits per heavy atom. The average molecular weight is 270 g/mol. The fourth-order valence-electron chi connectivity index (χ4n) is 0.524. The van der Waals surface area contributed by atoms with Crippen LogP contribution in [0.4, 0.5) is 0 Å². The maximum absolute atomic E-state index is 8.63. The minimum atomic E-state index is -1.06. The normalized spacial score (nSPS) is 7.50. The third kappa shape index (κ3) is 16.0. The number of aliphatic hydroxyl groups excluding tert-OH is 1. The molecule has 0 saturated carbocycles. The summed E-state index contributed by atoms with van der Waals surface area (Å²) in [4.78, 5) is 0. The molecule has 0 aliphatic heterocycles. The molecule has 16 heavy (non-hydrogen) atoms. The molecule has 0 saturated heterocycles. The first-order chi connectivity index (χ1) is 6.20. The van der Waals surface area contributed by atoms with Crippen molar-refractivity contribution >= 4 is 0 Å². The molecule has 0 amide bonds. The SMILES string of the molecule is COC(O)OC.O.O.Oc1ccccc1.[Ti]. The molecule has 7 heteroatoms. The van der Waals surface area contributed by atoms with Gasteiger partial charge in [-0.2, -0.15) is 0 Å². The van der Waals surface area contributed by atoms with Crippen LogP contribution in [0.15, 0.2) is 30.3 Å². The van der Waals surface area contributed by atoms with E-state index in [1.54, 1.807) is 24.3 Å². The number of phenols is 1. The molecule has 1 rings (SSSR count). The van der Waals surface area contributed by atoms with Crippen LogP contribution in [0.1, 0.15) is 0 Å². The minimum absolute atomic E-state index is 0. The van der Waals surface area contributed by atoms with Crippen LogP contribution in [-0.4, -0.2) is 41.9 Å². The van der Waals surface area contributed by atoms with Gasteiger partial charge in [0.1, 0.15) is 5.75 Å². The van der Waals surface area contributed by atoms with Gasteiger partial charge in [0, 0.05) is 35.9 Å². The zero-order valence-electron chi connectivity index (χ0n) is 9.18. The summed E-state index contributed by atoms with van der Waals surface area (Å²) in [5.41, 5.74) is 0. The zero-order chi connectivity index (χ0) is 10.1. The van der Waals surface area contributed by atoms with E-state index in [1.165, 1.54) is 14.2 Å². The molecule has 0 atom stereocenters. The van der Waals surface area contributed by atoms with Gasteiger partial charge in [0.2, 0.25) is 0 Å². The number of ether oxygens (including phenoxy) is 2. The topological polar surface area (TPSA) is 122 Å². The Bertz CT molecular complexity index is 204. The predicted octanol–water partition coefficient (Wildman–Crippen LogP) is -0.705. The molecule has 0 heterocycles. The molecule has 0 unspecified atom stereocenters. The summed E-state index contributed by atoms with van der Waals surface area (Å²) in [5, 5.41) is 16.9. The number of hydrogen-bond donors (Lipinski definition) is 2. The standard InChI is InChI=1S/C6H6O.C3H8O3.2H2O.Ti/c7-6-4-2-1-3-5-6;1-5-3(4)6-2;;;/h1-5,7H;3-4H,1-2H3;2*1H2;. The first-order valence-electron chi connectivity index (χ1n) is 3.68. The van der Waals surface area contributed by atoms with Crippen molar-refractivity contribution in [1.29, 1.82) is 0 Å². The van der Waals surface area contributed by atoms with E-state index in [0.29, 0.717) is 5.75 Å². The van der Waals surface area contributed by atoms with Crippen molar-refractivity contribution in [1.82, 2.24) is 0 Å². The first-order valence-corrected chi connectivity index (χ1v) is 3.68. The van der Waals surface area contributed by atoms with Gasteiger partial charge in [-0.1, -0.05) is 18.2 Å². The fourth-order valence-corrected chi connectivity index (χ4v) is 0.524. The summed E-state index contributed by atoms with van der Waals surface area (Å²) in [5.74, 6) is 0.322. The maximum atomic E-state index is 8.63. The molecular weight excluding hydrogens is 252 g/mol. The van der Waals surface area contributed by atoms with Crippen LogP contribution >= 0.6 is 0 Å². The number of para-hydroxylation sites is 1. The smallest absolute Gasteiger partial charge is 0.268 e. The molecule has 1 aromatic rings. The molecular formula is C9H18O6Ti. The first kappa shape index (κ1) is 24.7. The van der Waals surface area contributed by atoms with Gasteiger partial charge in [0.15, 0.2) is 0 Å². The van der Waals surface area contributed by atoms with E-state index < -0.39 is 6.48 Å². The Hall–Kier alpha value is -0.466. The molecule has 0 aliphatic carbocycles. The molecule has 0 spiro atoms. The number of methoxy groups -OCH3 is 2. The molecule has 94 valence electrons. The van der Waals surface area contributed by atoms with Crippen LogP contribution in [0.2, 0.25) is 0 Å². The number of benzene rings is 1. The summed E-state index contributed by atoms with van der Waals surface area (Å²) >= 11 is 0. The van der Waals surface area contributed by atoms with E-state index in [4.69, 9.17) is 10.2 Å². The summed E-state index contributed by atoms with van der Waals surface area (Å²) in [6.45, 7) is -1.06.